The van der Waals surface area contributed by atoms with E-state index in [1.54, 1.807) is 9.80 Å². The Hall–Kier alpha value is -2.58. The third-order valence-electron chi connectivity index (χ3n) is 5.95. The van der Waals surface area contributed by atoms with Gasteiger partial charge in [-0.1, -0.05) is 12.1 Å². The van der Waals surface area contributed by atoms with E-state index in [2.05, 4.69) is 5.32 Å². The van der Waals surface area contributed by atoms with Gasteiger partial charge in [-0.05, 0) is 45.7 Å². The summed E-state index contributed by atoms with van der Waals surface area (Å²) in [6, 6.07) is 4.88. The minimum absolute atomic E-state index is 0.0385. The van der Waals surface area contributed by atoms with Gasteiger partial charge in [0.25, 0.3) is 0 Å². The zero-order chi connectivity index (χ0) is 23.0. The zero-order valence-corrected chi connectivity index (χ0v) is 18.0. The number of amides is 3. The van der Waals surface area contributed by atoms with Gasteiger partial charge in [-0.25, -0.2) is 0 Å². The molecule has 2 aliphatic heterocycles. The predicted octanol–water partition coefficient (Wildman–Crippen LogP) is 3.53. The third kappa shape index (κ3) is 5.19. The summed E-state index contributed by atoms with van der Waals surface area (Å²) in [5.41, 5.74) is -1.49. The maximum atomic E-state index is 13.1. The second kappa shape index (κ2) is 8.51. The average Bonchev–Trinajstić information content (AvgIpc) is 3.09. The SMILES string of the molecule is CC(C)(C)N1CC(C(=O)N2CCC(C(=O)Nc3ccccc3C(F)(F)F)CC2)CC1=O. The molecule has 1 aromatic rings. The number of nitrogens with one attached hydrogen (secondary N) is 1. The van der Waals surface area contributed by atoms with Gasteiger partial charge in [0.15, 0.2) is 0 Å². The minimum Gasteiger partial charge on any atom is -0.342 e. The van der Waals surface area contributed by atoms with Gasteiger partial charge in [0.1, 0.15) is 0 Å². The first-order chi connectivity index (χ1) is 14.4. The molecule has 6 nitrogen and oxygen atoms in total. The van der Waals surface area contributed by atoms with Crippen LogP contribution in [0.2, 0.25) is 0 Å². The van der Waals surface area contributed by atoms with Crippen LogP contribution in [0.25, 0.3) is 0 Å². The highest BCUT2D eigenvalue weighted by molar-refractivity contribution is 5.94. The van der Waals surface area contributed by atoms with E-state index >= 15 is 0 Å². The first-order valence-corrected chi connectivity index (χ1v) is 10.4. The van der Waals surface area contributed by atoms with Crippen molar-refractivity contribution in [2.75, 3.05) is 25.0 Å². The van der Waals surface area contributed by atoms with Crippen molar-refractivity contribution >= 4 is 23.4 Å². The lowest BCUT2D eigenvalue weighted by molar-refractivity contribution is -0.139. The maximum absolute atomic E-state index is 13.1. The number of carbonyl (C=O) groups excluding carboxylic acids is 3. The highest BCUT2D eigenvalue weighted by Gasteiger charge is 2.42. The summed E-state index contributed by atoms with van der Waals surface area (Å²) in [6.45, 7) is 6.86. The van der Waals surface area contributed by atoms with Gasteiger partial charge < -0.3 is 15.1 Å². The normalized spacial score (nSPS) is 20.8. The van der Waals surface area contributed by atoms with Crippen LogP contribution in [0.3, 0.4) is 0 Å². The summed E-state index contributed by atoms with van der Waals surface area (Å²) in [6.07, 6.45) is -3.63. The largest absolute Gasteiger partial charge is 0.418 e. The number of nitrogens with zero attached hydrogens (tertiary/aromatic N) is 2. The quantitative estimate of drug-likeness (QED) is 0.784. The second-order valence-electron chi connectivity index (χ2n) is 9.21. The molecular weight excluding hydrogens is 411 g/mol. The summed E-state index contributed by atoms with van der Waals surface area (Å²) < 4.78 is 39.4. The number of benzene rings is 1. The number of hydrogen-bond acceptors (Lipinski definition) is 3. The lowest BCUT2D eigenvalue weighted by Crippen LogP contribution is -2.46. The highest BCUT2D eigenvalue weighted by Crippen LogP contribution is 2.35. The van der Waals surface area contributed by atoms with Crippen LogP contribution in [-0.2, 0) is 20.6 Å². The molecule has 0 aliphatic carbocycles. The molecule has 0 aromatic heterocycles. The number of carbonyl (C=O) groups is 3. The molecule has 2 saturated heterocycles. The maximum Gasteiger partial charge on any atom is 0.418 e. The van der Waals surface area contributed by atoms with Crippen LogP contribution < -0.4 is 5.32 Å². The number of anilines is 1. The van der Waals surface area contributed by atoms with E-state index < -0.39 is 29.5 Å². The summed E-state index contributed by atoms with van der Waals surface area (Å²) in [7, 11) is 0. The Morgan fingerprint density at radius 3 is 2.19 bits per heavy atom. The Kier molecular flexibility index (Phi) is 6.34. The van der Waals surface area contributed by atoms with Crippen LogP contribution in [0.4, 0.5) is 18.9 Å². The van der Waals surface area contributed by atoms with E-state index in [1.807, 2.05) is 20.8 Å². The van der Waals surface area contributed by atoms with E-state index in [-0.39, 0.29) is 29.5 Å². The number of rotatable bonds is 3. The second-order valence-corrected chi connectivity index (χ2v) is 9.21. The summed E-state index contributed by atoms with van der Waals surface area (Å²) >= 11 is 0. The van der Waals surface area contributed by atoms with Gasteiger partial charge in [0.05, 0.1) is 17.2 Å². The Bertz CT molecular complexity index is 856. The standard InChI is InChI=1S/C22H28F3N3O3/c1-21(2,3)28-13-15(12-18(28)29)20(31)27-10-8-14(9-11-27)19(30)26-17-7-5-4-6-16(17)22(23,24)25/h4-7,14-15H,8-13H2,1-3H3,(H,26,30). The van der Waals surface area contributed by atoms with Gasteiger partial charge in [-0.3, -0.25) is 14.4 Å². The first-order valence-electron chi connectivity index (χ1n) is 10.4. The average molecular weight is 439 g/mol. The van der Waals surface area contributed by atoms with Crippen molar-refractivity contribution in [3.8, 4) is 0 Å². The molecule has 1 N–H and O–H groups in total. The Morgan fingerprint density at radius 1 is 1.03 bits per heavy atom. The van der Waals surface area contributed by atoms with Crippen LogP contribution in [0.5, 0.6) is 0 Å². The number of hydrogen-bond donors (Lipinski definition) is 1. The number of alkyl halides is 3. The number of piperidine rings is 1. The molecule has 1 aromatic carbocycles. The number of para-hydroxylation sites is 1. The van der Waals surface area contributed by atoms with Crippen LogP contribution in [0.15, 0.2) is 24.3 Å². The zero-order valence-electron chi connectivity index (χ0n) is 18.0. The van der Waals surface area contributed by atoms with Crippen molar-refractivity contribution in [1.82, 2.24) is 9.80 Å². The Morgan fingerprint density at radius 2 is 1.65 bits per heavy atom. The van der Waals surface area contributed by atoms with Crippen molar-refractivity contribution in [2.45, 2.75) is 51.7 Å². The predicted molar refractivity (Wildman–Crippen MR) is 109 cm³/mol. The topological polar surface area (TPSA) is 69.7 Å². The molecule has 0 bridgehead atoms. The van der Waals surface area contributed by atoms with Crippen LogP contribution in [0.1, 0.15) is 45.6 Å². The highest BCUT2D eigenvalue weighted by atomic mass is 19.4. The molecular formula is C22H28F3N3O3. The lowest BCUT2D eigenvalue weighted by Gasteiger charge is -2.34. The van der Waals surface area contributed by atoms with Crippen molar-refractivity contribution in [1.29, 1.82) is 0 Å². The lowest BCUT2D eigenvalue weighted by atomic mass is 9.94. The van der Waals surface area contributed by atoms with Crippen LogP contribution in [0, 0.1) is 11.8 Å². The Balaban J connectivity index is 1.56. The molecule has 3 rings (SSSR count). The summed E-state index contributed by atoms with van der Waals surface area (Å²) in [4.78, 5) is 41.0. The van der Waals surface area contributed by atoms with Gasteiger partial charge in [-0.2, -0.15) is 13.2 Å². The molecule has 2 fully saturated rings. The fraction of sp³-hybridized carbons (Fsp3) is 0.591. The molecule has 1 atom stereocenters. The Labute approximate surface area is 179 Å². The van der Waals surface area contributed by atoms with E-state index in [0.29, 0.717) is 32.5 Å². The first kappa shape index (κ1) is 23.1. The van der Waals surface area contributed by atoms with Gasteiger partial charge >= 0.3 is 6.18 Å². The fourth-order valence-corrected chi connectivity index (χ4v) is 4.22. The smallest absolute Gasteiger partial charge is 0.342 e. The molecule has 0 spiro atoms. The van der Waals surface area contributed by atoms with Crippen LogP contribution in [-0.4, -0.2) is 52.7 Å². The summed E-state index contributed by atoms with van der Waals surface area (Å²) in [5, 5.41) is 2.40. The monoisotopic (exact) mass is 439 g/mol. The van der Waals surface area contributed by atoms with Crippen molar-refractivity contribution in [3.63, 3.8) is 0 Å². The third-order valence-corrected chi connectivity index (χ3v) is 5.95. The van der Waals surface area contributed by atoms with Gasteiger partial charge in [0.2, 0.25) is 17.7 Å². The molecule has 0 radical (unpaired) electrons. The molecule has 3 amide bonds. The van der Waals surface area contributed by atoms with Gasteiger partial charge in [-0.15, -0.1) is 0 Å². The molecule has 1 unspecified atom stereocenters. The minimum atomic E-state index is -4.56. The molecule has 31 heavy (non-hydrogen) atoms. The summed E-state index contributed by atoms with van der Waals surface area (Å²) in [5.74, 6) is -1.47. The number of halogens is 3. The van der Waals surface area contributed by atoms with Crippen molar-refractivity contribution < 1.29 is 27.6 Å². The van der Waals surface area contributed by atoms with E-state index in [9.17, 15) is 27.6 Å². The molecule has 0 saturated carbocycles. The van der Waals surface area contributed by atoms with Crippen LogP contribution >= 0.6 is 0 Å². The fourth-order valence-electron chi connectivity index (χ4n) is 4.22. The molecule has 9 heteroatoms. The van der Waals surface area contributed by atoms with E-state index in [1.165, 1.54) is 18.2 Å². The molecule has 170 valence electrons. The van der Waals surface area contributed by atoms with E-state index in [4.69, 9.17) is 0 Å². The van der Waals surface area contributed by atoms with E-state index in [0.717, 1.165) is 6.07 Å². The molecule has 2 aliphatic rings. The van der Waals surface area contributed by atoms with Gasteiger partial charge in [0, 0.05) is 37.5 Å². The van der Waals surface area contributed by atoms with Crippen molar-refractivity contribution in [2.24, 2.45) is 11.8 Å². The van der Waals surface area contributed by atoms with Crippen molar-refractivity contribution in [3.05, 3.63) is 29.8 Å². The molecule has 2 heterocycles. The number of likely N-dealkylation sites (tertiary alicyclic amines) is 2.